The molecule has 5 aliphatic carbocycles. The highest BCUT2D eigenvalue weighted by atomic mass is 16.1. The second-order valence-corrected chi connectivity index (χ2v) is 15.3. The Kier molecular flexibility index (Phi) is 5.14. The van der Waals surface area contributed by atoms with Gasteiger partial charge in [0, 0.05) is 34.7 Å². The van der Waals surface area contributed by atoms with Gasteiger partial charge >= 0.3 is 0 Å². The van der Waals surface area contributed by atoms with Crippen molar-refractivity contribution in [2.24, 2.45) is 44.8 Å². The van der Waals surface area contributed by atoms with Crippen molar-refractivity contribution in [3.05, 3.63) is 53.6 Å². The summed E-state index contributed by atoms with van der Waals surface area (Å²) in [5, 5.41) is 0. The fraction of sp³-hybridized carbons (Fsp3) is 0.697. The van der Waals surface area contributed by atoms with Gasteiger partial charge in [0.2, 0.25) is 5.70 Å². The van der Waals surface area contributed by atoms with Gasteiger partial charge in [-0.1, -0.05) is 60.1 Å². The maximum atomic E-state index is 14.6. The number of hydrogen-bond donors (Lipinski definition) is 0. The summed E-state index contributed by atoms with van der Waals surface area (Å²) < 4.78 is 2.35. The standard InChI is InChI=1S/C33H43N3O2/c1-28(2)11-13-33(36-16-15-35-20-36)14-12-32(7)26(21(33)18-28)23(37)17-25-30(5)19-22(34-8)27(38)29(3,4)24(30)9-10-31(25,32)6/h15-17,19-21,24,26H,9-14,18H2,1-7H3/t21-,24-,26-,30-,31+,32+,33-/m0/s1. The fourth-order valence-electron chi connectivity index (χ4n) is 10.5. The van der Waals surface area contributed by atoms with Crippen LogP contribution in [0.5, 0.6) is 0 Å². The molecule has 3 fully saturated rings. The van der Waals surface area contributed by atoms with Gasteiger partial charge in [0.15, 0.2) is 11.6 Å². The van der Waals surface area contributed by atoms with Crippen molar-refractivity contribution < 1.29 is 9.59 Å². The van der Waals surface area contributed by atoms with Crippen molar-refractivity contribution in [1.29, 1.82) is 0 Å². The topological polar surface area (TPSA) is 56.3 Å². The normalized spacial score (nSPS) is 44.9. The summed E-state index contributed by atoms with van der Waals surface area (Å²) in [4.78, 5) is 35.9. The number of carbonyl (C=O) groups is 2. The molecule has 1 heterocycles. The highest BCUT2D eigenvalue weighted by Gasteiger charge is 2.70. The maximum absolute atomic E-state index is 14.6. The zero-order chi connectivity index (χ0) is 27.5. The van der Waals surface area contributed by atoms with Crippen LogP contribution in [0.1, 0.15) is 93.4 Å². The minimum absolute atomic E-state index is 0.0439. The third-order valence-electron chi connectivity index (χ3n) is 12.8. The third-order valence-corrected chi connectivity index (χ3v) is 12.8. The first-order valence-corrected chi connectivity index (χ1v) is 14.6. The summed E-state index contributed by atoms with van der Waals surface area (Å²) in [6.45, 7) is 23.6. The van der Waals surface area contributed by atoms with Crippen LogP contribution in [0.25, 0.3) is 4.85 Å². The maximum Gasteiger partial charge on any atom is 0.226 e. The number of carbonyl (C=O) groups excluding carboxylic acids is 2. The molecule has 1 aromatic heterocycles. The number of ketones is 2. The van der Waals surface area contributed by atoms with Crippen LogP contribution in [0, 0.1) is 51.4 Å². The largest absolute Gasteiger partial charge is 0.331 e. The van der Waals surface area contributed by atoms with Gasteiger partial charge in [0.05, 0.1) is 12.9 Å². The zero-order valence-electron chi connectivity index (χ0n) is 24.2. The van der Waals surface area contributed by atoms with Crippen LogP contribution in [-0.2, 0) is 15.1 Å². The number of Topliss-reactive ketones (excluding diaryl/α,β-unsaturated/α-hetero) is 1. The Morgan fingerprint density at radius 2 is 1.71 bits per heavy atom. The summed E-state index contributed by atoms with van der Waals surface area (Å²) in [6.07, 6.45) is 17.2. The number of fused-ring (bicyclic) bond motifs is 7. The number of hydrogen-bond acceptors (Lipinski definition) is 3. The molecule has 0 bridgehead atoms. The van der Waals surface area contributed by atoms with Gasteiger partial charge in [0.1, 0.15) is 0 Å². The Hall–Kier alpha value is -2.48. The molecule has 0 radical (unpaired) electrons. The molecule has 7 atom stereocenters. The Morgan fingerprint density at radius 1 is 1.00 bits per heavy atom. The number of allylic oxidation sites excluding steroid dienone is 4. The van der Waals surface area contributed by atoms with Crippen molar-refractivity contribution in [3.8, 4) is 0 Å². The summed E-state index contributed by atoms with van der Waals surface area (Å²) in [7, 11) is 0. The molecule has 38 heavy (non-hydrogen) atoms. The number of nitrogens with zero attached hydrogens (tertiary/aromatic N) is 3. The van der Waals surface area contributed by atoms with E-state index in [9.17, 15) is 9.59 Å². The molecule has 0 amide bonds. The molecule has 5 nitrogen and oxygen atoms in total. The van der Waals surface area contributed by atoms with Crippen LogP contribution >= 0.6 is 0 Å². The molecule has 0 saturated heterocycles. The molecule has 1 aromatic rings. The van der Waals surface area contributed by atoms with Crippen LogP contribution in [0.4, 0.5) is 0 Å². The first-order valence-electron chi connectivity index (χ1n) is 14.6. The second-order valence-electron chi connectivity index (χ2n) is 15.3. The quantitative estimate of drug-likeness (QED) is 0.374. The monoisotopic (exact) mass is 513 g/mol. The van der Waals surface area contributed by atoms with Gasteiger partial charge in [-0.05, 0) is 79.1 Å². The smallest absolute Gasteiger partial charge is 0.226 e. The van der Waals surface area contributed by atoms with E-state index in [1.54, 1.807) is 0 Å². The minimum Gasteiger partial charge on any atom is -0.331 e. The Bertz CT molecular complexity index is 1330. The SMILES string of the molecule is [C-]#[N+]C1=C[C@]2(C)C3=CC(=O)[C@@H]4[C@@H]5CC(C)(C)CC[C@]5(n5ccnc5)CC[C@@]4(C)[C@]3(C)CC[C@H]2C(C)(C)C1=O. The lowest BCUT2D eigenvalue weighted by Crippen LogP contribution is -2.66. The lowest BCUT2D eigenvalue weighted by Gasteiger charge is -2.69. The highest BCUT2D eigenvalue weighted by Crippen LogP contribution is 2.74. The Morgan fingerprint density at radius 3 is 2.37 bits per heavy atom. The Balaban J connectivity index is 1.54. The fourth-order valence-corrected chi connectivity index (χ4v) is 10.5. The van der Waals surface area contributed by atoms with Crippen molar-refractivity contribution in [1.82, 2.24) is 9.55 Å². The number of rotatable bonds is 1. The van der Waals surface area contributed by atoms with E-state index >= 15 is 0 Å². The van der Waals surface area contributed by atoms with Gasteiger partial charge in [-0.25, -0.2) is 9.83 Å². The van der Waals surface area contributed by atoms with Crippen molar-refractivity contribution >= 4 is 11.6 Å². The lowest BCUT2D eigenvalue weighted by atomic mass is 9.35. The molecule has 202 valence electrons. The van der Waals surface area contributed by atoms with Crippen LogP contribution in [0.2, 0.25) is 0 Å². The van der Waals surface area contributed by atoms with E-state index in [-0.39, 0.29) is 56.8 Å². The summed E-state index contributed by atoms with van der Waals surface area (Å²) in [5.41, 5.74) is 0.115. The molecule has 0 aromatic carbocycles. The van der Waals surface area contributed by atoms with Gasteiger partial charge in [-0.15, -0.1) is 0 Å². The van der Waals surface area contributed by atoms with Gasteiger partial charge in [-0.2, -0.15) is 0 Å². The van der Waals surface area contributed by atoms with E-state index in [2.05, 4.69) is 55.2 Å². The molecule has 5 aliphatic rings. The van der Waals surface area contributed by atoms with E-state index in [1.807, 2.05) is 38.5 Å². The molecule has 0 unspecified atom stereocenters. The summed E-state index contributed by atoms with van der Waals surface area (Å²) >= 11 is 0. The van der Waals surface area contributed by atoms with Gasteiger partial charge in [0.25, 0.3) is 0 Å². The van der Waals surface area contributed by atoms with Crippen molar-refractivity contribution in [2.45, 2.75) is 99.0 Å². The average molecular weight is 514 g/mol. The van der Waals surface area contributed by atoms with Crippen LogP contribution in [-0.4, -0.2) is 21.1 Å². The number of aromatic nitrogens is 2. The average Bonchev–Trinajstić information content (AvgIpc) is 3.38. The minimum atomic E-state index is -0.622. The lowest BCUT2D eigenvalue weighted by molar-refractivity contribution is -0.167. The zero-order valence-corrected chi connectivity index (χ0v) is 24.2. The van der Waals surface area contributed by atoms with Crippen molar-refractivity contribution in [2.75, 3.05) is 0 Å². The summed E-state index contributed by atoms with van der Waals surface area (Å²) in [5.74, 6) is 0.515. The molecule has 5 heteroatoms. The highest BCUT2D eigenvalue weighted by molar-refractivity contribution is 6.03. The summed E-state index contributed by atoms with van der Waals surface area (Å²) in [6, 6.07) is 0. The second kappa shape index (κ2) is 7.58. The van der Waals surface area contributed by atoms with Crippen molar-refractivity contribution in [3.63, 3.8) is 0 Å². The van der Waals surface area contributed by atoms with E-state index in [4.69, 9.17) is 6.57 Å². The molecular weight excluding hydrogens is 470 g/mol. The van der Waals surface area contributed by atoms with E-state index in [0.29, 0.717) is 0 Å². The molecule has 6 rings (SSSR count). The van der Waals surface area contributed by atoms with Gasteiger partial charge in [-0.3, -0.25) is 4.79 Å². The van der Waals surface area contributed by atoms with Crippen LogP contribution < -0.4 is 0 Å². The predicted octanol–water partition coefficient (Wildman–Crippen LogP) is 7.16. The van der Waals surface area contributed by atoms with Crippen LogP contribution in [0.3, 0.4) is 0 Å². The Labute approximate surface area is 228 Å². The molecular formula is C33H43N3O2. The van der Waals surface area contributed by atoms with Crippen LogP contribution in [0.15, 0.2) is 42.1 Å². The predicted molar refractivity (Wildman–Crippen MR) is 148 cm³/mol. The van der Waals surface area contributed by atoms with E-state index < -0.39 is 10.8 Å². The molecule has 0 N–H and O–H groups in total. The molecule has 3 saturated carbocycles. The third kappa shape index (κ3) is 2.96. The first-order chi connectivity index (χ1) is 17.7. The van der Waals surface area contributed by atoms with E-state index in [1.165, 1.54) is 5.57 Å². The molecule has 0 spiro atoms. The first kappa shape index (κ1) is 25.8. The molecule has 0 aliphatic heterocycles. The number of imidazole rings is 1. The van der Waals surface area contributed by atoms with Gasteiger partial charge < -0.3 is 9.36 Å². The van der Waals surface area contributed by atoms with E-state index in [0.717, 1.165) is 44.9 Å².